The molecule has 5 fully saturated rings. The first-order valence-electron chi connectivity index (χ1n) is 12.5. The molecule has 0 spiro atoms. The van der Waals surface area contributed by atoms with Gasteiger partial charge in [0.25, 0.3) is 5.91 Å². The molecule has 0 radical (unpaired) electrons. The summed E-state index contributed by atoms with van der Waals surface area (Å²) in [6.07, 6.45) is 13.2. The third-order valence-electron chi connectivity index (χ3n) is 9.03. The standard InChI is InChI=1S/C26H33N3O3/c30-24(27-15-26-11-16-8-17(12-26)10-18(9-16)13-26)22-2-1-3-23-28-21(14-29(22)23)19-4-6-20(7-5-19)25(31)32/h1-3,14,16-20H,4-13,15H2,(H,27,30)(H,31,32)/t16?,17?,18?,19-,20+,26?. The van der Waals surface area contributed by atoms with Crippen LogP contribution in [0.15, 0.2) is 24.4 Å². The molecule has 0 aromatic carbocycles. The molecule has 1 amide bonds. The van der Waals surface area contributed by atoms with E-state index in [0.717, 1.165) is 48.5 Å². The van der Waals surface area contributed by atoms with Gasteiger partial charge >= 0.3 is 5.97 Å². The molecule has 32 heavy (non-hydrogen) atoms. The Morgan fingerprint density at radius 1 is 1.03 bits per heavy atom. The summed E-state index contributed by atoms with van der Waals surface area (Å²) in [7, 11) is 0. The lowest BCUT2D eigenvalue weighted by atomic mass is 9.49. The van der Waals surface area contributed by atoms with Crippen LogP contribution in [0.1, 0.15) is 86.3 Å². The van der Waals surface area contributed by atoms with Crippen LogP contribution in [-0.2, 0) is 4.79 Å². The van der Waals surface area contributed by atoms with E-state index >= 15 is 0 Å². The van der Waals surface area contributed by atoms with E-state index in [4.69, 9.17) is 4.98 Å². The van der Waals surface area contributed by atoms with Crippen LogP contribution in [0.4, 0.5) is 0 Å². The van der Waals surface area contributed by atoms with Crippen LogP contribution in [0, 0.1) is 29.1 Å². The number of carbonyl (C=O) groups is 2. The van der Waals surface area contributed by atoms with E-state index < -0.39 is 5.97 Å². The fourth-order valence-electron chi connectivity index (χ4n) is 7.91. The Labute approximate surface area is 188 Å². The lowest BCUT2D eigenvalue weighted by molar-refractivity contribution is -0.142. The van der Waals surface area contributed by atoms with Gasteiger partial charge in [-0.3, -0.25) is 14.0 Å². The molecule has 170 valence electrons. The Balaban J connectivity index is 1.17. The molecule has 0 atom stereocenters. The fourth-order valence-corrected chi connectivity index (χ4v) is 7.91. The maximum atomic E-state index is 13.2. The number of carboxylic acid groups (broad SMARTS) is 1. The molecule has 2 aromatic rings. The molecule has 0 unspecified atom stereocenters. The minimum atomic E-state index is -0.684. The quantitative estimate of drug-likeness (QED) is 0.717. The van der Waals surface area contributed by atoms with Gasteiger partial charge in [-0.25, -0.2) is 4.98 Å². The van der Waals surface area contributed by atoms with Crippen LogP contribution in [0.3, 0.4) is 0 Å². The predicted octanol–water partition coefficient (Wildman–Crippen LogP) is 4.64. The summed E-state index contributed by atoms with van der Waals surface area (Å²) in [5, 5.41) is 12.6. The van der Waals surface area contributed by atoms with Crippen molar-refractivity contribution in [2.45, 2.75) is 70.1 Å². The number of aromatic nitrogens is 2. The summed E-state index contributed by atoms with van der Waals surface area (Å²) in [5.41, 5.74) is 2.74. The first-order chi connectivity index (χ1) is 15.5. The van der Waals surface area contributed by atoms with Gasteiger partial charge in [0.15, 0.2) is 0 Å². The molecule has 2 heterocycles. The lowest BCUT2D eigenvalue weighted by Crippen LogP contribution is -2.51. The Hall–Kier alpha value is -2.37. The minimum Gasteiger partial charge on any atom is -0.481 e. The van der Waals surface area contributed by atoms with Crippen LogP contribution < -0.4 is 5.32 Å². The number of nitrogens with zero attached hydrogens (tertiary/aromatic N) is 2. The van der Waals surface area contributed by atoms with E-state index in [1.54, 1.807) is 0 Å². The second kappa shape index (κ2) is 7.60. The van der Waals surface area contributed by atoms with E-state index in [-0.39, 0.29) is 17.7 Å². The molecule has 5 aliphatic carbocycles. The molecule has 0 saturated heterocycles. The minimum absolute atomic E-state index is 0.00937. The summed E-state index contributed by atoms with van der Waals surface area (Å²) in [4.78, 5) is 29.3. The van der Waals surface area contributed by atoms with Gasteiger partial charge < -0.3 is 10.4 Å². The number of rotatable bonds is 5. The van der Waals surface area contributed by atoms with Gasteiger partial charge in [0.1, 0.15) is 11.3 Å². The molecule has 2 aromatic heterocycles. The van der Waals surface area contributed by atoms with Gasteiger partial charge in [-0.15, -0.1) is 0 Å². The summed E-state index contributed by atoms with van der Waals surface area (Å²) >= 11 is 0. The number of fused-ring (bicyclic) bond motifs is 1. The van der Waals surface area contributed by atoms with Gasteiger partial charge in [0.2, 0.25) is 0 Å². The van der Waals surface area contributed by atoms with Gasteiger partial charge in [-0.2, -0.15) is 0 Å². The Kier molecular flexibility index (Phi) is 4.81. The maximum absolute atomic E-state index is 13.2. The zero-order chi connectivity index (χ0) is 21.9. The van der Waals surface area contributed by atoms with Crippen molar-refractivity contribution in [1.29, 1.82) is 0 Å². The largest absolute Gasteiger partial charge is 0.481 e. The number of hydrogen-bond donors (Lipinski definition) is 2. The zero-order valence-electron chi connectivity index (χ0n) is 18.6. The van der Waals surface area contributed by atoms with Crippen molar-refractivity contribution in [3.05, 3.63) is 35.8 Å². The van der Waals surface area contributed by atoms with Crippen molar-refractivity contribution >= 4 is 17.5 Å². The zero-order valence-corrected chi connectivity index (χ0v) is 18.6. The van der Waals surface area contributed by atoms with Crippen molar-refractivity contribution in [2.24, 2.45) is 29.1 Å². The molecule has 4 bridgehead atoms. The Morgan fingerprint density at radius 3 is 2.31 bits per heavy atom. The summed E-state index contributed by atoms with van der Waals surface area (Å²) in [5.74, 6) is 2.00. The SMILES string of the molecule is O=C(NCC12CC3CC(CC(C3)C1)C2)c1cccc2nc([C@H]3CC[C@@H](C(=O)O)CC3)cn12. The number of carbonyl (C=O) groups excluding carboxylic acids is 1. The Bertz CT molecular complexity index is 1010. The van der Waals surface area contributed by atoms with Crippen molar-refractivity contribution in [2.75, 3.05) is 6.54 Å². The number of amides is 1. The second-order valence-corrected chi connectivity index (χ2v) is 11.3. The number of aliphatic carboxylic acids is 1. The van der Waals surface area contributed by atoms with E-state index in [1.165, 1.54) is 38.5 Å². The van der Waals surface area contributed by atoms with E-state index in [1.807, 2.05) is 28.8 Å². The fraction of sp³-hybridized carbons (Fsp3) is 0.654. The molecular formula is C26H33N3O3. The molecule has 5 saturated carbocycles. The monoisotopic (exact) mass is 435 g/mol. The second-order valence-electron chi connectivity index (χ2n) is 11.3. The van der Waals surface area contributed by atoms with Crippen molar-refractivity contribution < 1.29 is 14.7 Å². The van der Waals surface area contributed by atoms with E-state index in [2.05, 4.69) is 5.32 Å². The van der Waals surface area contributed by atoms with Crippen LogP contribution in [0.25, 0.3) is 5.65 Å². The summed E-state index contributed by atoms with van der Waals surface area (Å²) < 4.78 is 1.92. The number of pyridine rings is 1. The topological polar surface area (TPSA) is 83.7 Å². The highest BCUT2D eigenvalue weighted by atomic mass is 16.4. The number of carboxylic acids is 1. The molecule has 0 aliphatic heterocycles. The highest BCUT2D eigenvalue weighted by molar-refractivity contribution is 5.93. The van der Waals surface area contributed by atoms with Crippen molar-refractivity contribution in [3.63, 3.8) is 0 Å². The van der Waals surface area contributed by atoms with E-state index in [9.17, 15) is 14.7 Å². The number of hydrogen-bond acceptors (Lipinski definition) is 3. The molecule has 6 heteroatoms. The molecule has 7 rings (SSSR count). The third kappa shape index (κ3) is 3.52. The normalized spacial score (nSPS) is 35.8. The molecule has 5 aliphatic rings. The lowest BCUT2D eigenvalue weighted by Gasteiger charge is -2.56. The summed E-state index contributed by atoms with van der Waals surface area (Å²) in [6.45, 7) is 0.798. The average Bonchev–Trinajstić information content (AvgIpc) is 3.21. The van der Waals surface area contributed by atoms with Gasteiger partial charge in [0, 0.05) is 18.7 Å². The smallest absolute Gasteiger partial charge is 0.306 e. The highest BCUT2D eigenvalue weighted by Gasteiger charge is 2.50. The third-order valence-corrected chi connectivity index (χ3v) is 9.03. The Morgan fingerprint density at radius 2 is 1.69 bits per heavy atom. The molecule has 6 nitrogen and oxygen atoms in total. The molecule has 2 N–H and O–H groups in total. The van der Waals surface area contributed by atoms with Crippen molar-refractivity contribution in [1.82, 2.24) is 14.7 Å². The van der Waals surface area contributed by atoms with Crippen LogP contribution >= 0.6 is 0 Å². The average molecular weight is 436 g/mol. The first-order valence-corrected chi connectivity index (χ1v) is 12.5. The van der Waals surface area contributed by atoms with Crippen LogP contribution in [0.5, 0.6) is 0 Å². The van der Waals surface area contributed by atoms with Crippen molar-refractivity contribution in [3.8, 4) is 0 Å². The van der Waals surface area contributed by atoms with Crippen LogP contribution in [-0.4, -0.2) is 32.9 Å². The predicted molar refractivity (Wildman–Crippen MR) is 120 cm³/mol. The highest BCUT2D eigenvalue weighted by Crippen LogP contribution is 2.59. The van der Waals surface area contributed by atoms with E-state index in [0.29, 0.717) is 24.0 Å². The number of nitrogens with one attached hydrogen (secondary N) is 1. The van der Waals surface area contributed by atoms with Gasteiger partial charge in [0.05, 0.1) is 11.6 Å². The maximum Gasteiger partial charge on any atom is 0.306 e. The number of imidazole rings is 1. The van der Waals surface area contributed by atoms with Gasteiger partial charge in [-0.05, 0) is 99.5 Å². The van der Waals surface area contributed by atoms with Crippen LogP contribution in [0.2, 0.25) is 0 Å². The van der Waals surface area contributed by atoms with Gasteiger partial charge in [-0.1, -0.05) is 6.07 Å². The molecular weight excluding hydrogens is 402 g/mol. The first kappa shape index (κ1) is 20.3. The summed E-state index contributed by atoms with van der Waals surface area (Å²) in [6, 6.07) is 5.74.